The molecule has 0 fully saturated rings. The third-order valence-corrected chi connectivity index (χ3v) is 3.50. The van der Waals surface area contributed by atoms with Gasteiger partial charge in [0, 0.05) is 17.8 Å². The molecule has 3 rings (SSSR count). The van der Waals surface area contributed by atoms with Crippen molar-refractivity contribution in [2.45, 2.75) is 13.8 Å². The molecule has 0 aliphatic carbocycles. The van der Waals surface area contributed by atoms with E-state index >= 15 is 0 Å². The van der Waals surface area contributed by atoms with Crippen LogP contribution in [-0.4, -0.2) is 21.7 Å². The standard InChI is InChI=1S/C17H17N3O/c1-11(2)14-10-17-18-8-7-15(20(17)19-14)13-6-5-12(3)16(9-13)21-4/h5-10H,1H2,2-4H3. The van der Waals surface area contributed by atoms with Crippen molar-refractivity contribution in [3.8, 4) is 17.0 Å². The highest BCUT2D eigenvalue weighted by molar-refractivity contribution is 5.68. The molecule has 106 valence electrons. The fraction of sp³-hybridized carbons (Fsp3) is 0.176. The summed E-state index contributed by atoms with van der Waals surface area (Å²) >= 11 is 0. The van der Waals surface area contributed by atoms with Gasteiger partial charge in [0.05, 0.1) is 18.5 Å². The minimum Gasteiger partial charge on any atom is -0.496 e. The van der Waals surface area contributed by atoms with Gasteiger partial charge < -0.3 is 4.74 Å². The van der Waals surface area contributed by atoms with Crippen LogP contribution in [0.2, 0.25) is 0 Å². The van der Waals surface area contributed by atoms with Gasteiger partial charge in [0.25, 0.3) is 0 Å². The number of hydrogen-bond acceptors (Lipinski definition) is 3. The average Bonchev–Trinajstić information content (AvgIpc) is 2.92. The molecule has 0 bridgehead atoms. The van der Waals surface area contributed by atoms with Crippen molar-refractivity contribution in [2.75, 3.05) is 7.11 Å². The van der Waals surface area contributed by atoms with E-state index in [4.69, 9.17) is 4.74 Å². The van der Waals surface area contributed by atoms with Crippen LogP contribution in [0.15, 0.2) is 43.1 Å². The molecule has 0 atom stereocenters. The summed E-state index contributed by atoms with van der Waals surface area (Å²) in [5.74, 6) is 0.866. The molecule has 2 aromatic heterocycles. The summed E-state index contributed by atoms with van der Waals surface area (Å²) in [6, 6.07) is 10.0. The fourth-order valence-corrected chi connectivity index (χ4v) is 2.30. The maximum atomic E-state index is 5.40. The maximum Gasteiger partial charge on any atom is 0.156 e. The number of benzene rings is 1. The zero-order valence-electron chi connectivity index (χ0n) is 12.4. The van der Waals surface area contributed by atoms with Gasteiger partial charge in [-0.1, -0.05) is 18.7 Å². The molecule has 2 heterocycles. The number of ether oxygens (including phenoxy) is 1. The third-order valence-electron chi connectivity index (χ3n) is 3.50. The molecule has 0 radical (unpaired) electrons. The van der Waals surface area contributed by atoms with Crippen LogP contribution in [0.4, 0.5) is 0 Å². The number of nitrogens with zero attached hydrogens (tertiary/aromatic N) is 3. The third kappa shape index (κ3) is 2.29. The molecule has 4 nitrogen and oxygen atoms in total. The summed E-state index contributed by atoms with van der Waals surface area (Å²) < 4.78 is 7.24. The normalized spacial score (nSPS) is 10.8. The van der Waals surface area contributed by atoms with Gasteiger partial charge in [0.2, 0.25) is 0 Å². The van der Waals surface area contributed by atoms with Gasteiger partial charge >= 0.3 is 0 Å². The summed E-state index contributed by atoms with van der Waals surface area (Å²) in [4.78, 5) is 4.36. The van der Waals surface area contributed by atoms with Crippen LogP contribution in [0.1, 0.15) is 18.2 Å². The van der Waals surface area contributed by atoms with Crippen LogP contribution < -0.4 is 4.74 Å². The molecular weight excluding hydrogens is 262 g/mol. The average molecular weight is 279 g/mol. The Morgan fingerprint density at radius 3 is 2.76 bits per heavy atom. The summed E-state index contributed by atoms with van der Waals surface area (Å²) in [6.45, 7) is 7.90. The van der Waals surface area contributed by atoms with Gasteiger partial charge in [0.15, 0.2) is 5.65 Å². The van der Waals surface area contributed by atoms with E-state index in [1.807, 2.05) is 42.6 Å². The second-order valence-corrected chi connectivity index (χ2v) is 5.09. The number of aryl methyl sites for hydroxylation is 1. The van der Waals surface area contributed by atoms with Crippen molar-refractivity contribution in [3.05, 3.63) is 54.4 Å². The first-order chi connectivity index (χ1) is 10.1. The Morgan fingerprint density at radius 2 is 2.05 bits per heavy atom. The molecule has 0 unspecified atom stereocenters. The number of methoxy groups -OCH3 is 1. The van der Waals surface area contributed by atoms with Crippen molar-refractivity contribution in [1.29, 1.82) is 0 Å². The van der Waals surface area contributed by atoms with E-state index < -0.39 is 0 Å². The van der Waals surface area contributed by atoms with E-state index in [0.717, 1.165) is 39.5 Å². The molecule has 21 heavy (non-hydrogen) atoms. The molecule has 1 aromatic carbocycles. The van der Waals surface area contributed by atoms with Crippen molar-refractivity contribution in [3.63, 3.8) is 0 Å². The number of rotatable bonds is 3. The molecule has 0 N–H and O–H groups in total. The van der Waals surface area contributed by atoms with Crippen LogP contribution in [0.3, 0.4) is 0 Å². The zero-order chi connectivity index (χ0) is 15.0. The minimum absolute atomic E-state index is 0.810. The predicted molar refractivity (Wildman–Crippen MR) is 84.4 cm³/mol. The molecule has 0 spiro atoms. The van der Waals surface area contributed by atoms with Crippen LogP contribution in [0.5, 0.6) is 5.75 Å². The van der Waals surface area contributed by atoms with Crippen molar-refractivity contribution < 1.29 is 4.74 Å². The lowest BCUT2D eigenvalue weighted by atomic mass is 10.1. The fourth-order valence-electron chi connectivity index (χ4n) is 2.30. The molecule has 3 aromatic rings. The molecule has 4 heteroatoms. The van der Waals surface area contributed by atoms with E-state index in [0.29, 0.717) is 0 Å². The van der Waals surface area contributed by atoms with Crippen LogP contribution in [0.25, 0.3) is 22.5 Å². The smallest absolute Gasteiger partial charge is 0.156 e. The number of fused-ring (bicyclic) bond motifs is 1. The van der Waals surface area contributed by atoms with E-state index in [-0.39, 0.29) is 0 Å². The summed E-state index contributed by atoms with van der Waals surface area (Å²) in [7, 11) is 1.68. The van der Waals surface area contributed by atoms with Crippen molar-refractivity contribution in [1.82, 2.24) is 14.6 Å². The first-order valence-electron chi connectivity index (χ1n) is 6.76. The Hall–Kier alpha value is -2.62. The molecule has 0 saturated heterocycles. The predicted octanol–water partition coefficient (Wildman–Crippen LogP) is 3.75. The van der Waals surface area contributed by atoms with Gasteiger partial charge in [-0.3, -0.25) is 0 Å². The van der Waals surface area contributed by atoms with Crippen LogP contribution in [-0.2, 0) is 0 Å². The van der Waals surface area contributed by atoms with E-state index in [1.165, 1.54) is 0 Å². The van der Waals surface area contributed by atoms with Gasteiger partial charge in [-0.15, -0.1) is 0 Å². The second kappa shape index (κ2) is 5.05. The Balaban J connectivity index is 2.22. The number of aromatic nitrogens is 3. The van der Waals surface area contributed by atoms with E-state index in [2.05, 4.69) is 22.7 Å². The highest BCUT2D eigenvalue weighted by Crippen LogP contribution is 2.27. The monoisotopic (exact) mass is 279 g/mol. The van der Waals surface area contributed by atoms with Crippen LogP contribution in [0, 0.1) is 6.92 Å². The first kappa shape index (κ1) is 13.4. The van der Waals surface area contributed by atoms with Crippen molar-refractivity contribution >= 4 is 11.2 Å². The van der Waals surface area contributed by atoms with E-state index in [9.17, 15) is 0 Å². The minimum atomic E-state index is 0.810. The highest BCUT2D eigenvalue weighted by Gasteiger charge is 2.10. The second-order valence-electron chi connectivity index (χ2n) is 5.09. The molecular formula is C17H17N3O. The summed E-state index contributed by atoms with van der Waals surface area (Å²) in [5, 5.41) is 4.58. The van der Waals surface area contributed by atoms with Crippen molar-refractivity contribution in [2.24, 2.45) is 0 Å². The Kier molecular flexibility index (Phi) is 3.22. The maximum absolute atomic E-state index is 5.40. The largest absolute Gasteiger partial charge is 0.496 e. The Morgan fingerprint density at radius 1 is 1.24 bits per heavy atom. The van der Waals surface area contributed by atoms with Gasteiger partial charge in [0.1, 0.15) is 5.75 Å². The van der Waals surface area contributed by atoms with Crippen LogP contribution >= 0.6 is 0 Å². The zero-order valence-corrected chi connectivity index (χ0v) is 12.4. The molecule has 0 saturated carbocycles. The number of allylic oxidation sites excluding steroid dienone is 1. The van der Waals surface area contributed by atoms with E-state index in [1.54, 1.807) is 13.3 Å². The summed E-state index contributed by atoms with van der Waals surface area (Å²) in [6.07, 6.45) is 1.79. The molecule has 0 amide bonds. The van der Waals surface area contributed by atoms with Gasteiger partial charge in [-0.25, -0.2) is 9.50 Å². The quantitative estimate of drug-likeness (QED) is 0.733. The van der Waals surface area contributed by atoms with Gasteiger partial charge in [-0.2, -0.15) is 5.10 Å². The number of hydrogen-bond donors (Lipinski definition) is 0. The highest BCUT2D eigenvalue weighted by atomic mass is 16.5. The molecule has 0 aliphatic heterocycles. The van der Waals surface area contributed by atoms with Gasteiger partial charge in [-0.05, 0) is 37.1 Å². The lowest BCUT2D eigenvalue weighted by molar-refractivity contribution is 0.412. The summed E-state index contributed by atoms with van der Waals surface area (Å²) in [5.41, 5.74) is 5.72. The Bertz CT molecular complexity index is 833. The lowest BCUT2D eigenvalue weighted by Crippen LogP contribution is -1.97. The lowest BCUT2D eigenvalue weighted by Gasteiger charge is -2.09. The molecule has 0 aliphatic rings. The SMILES string of the molecule is C=C(C)c1cc2nccc(-c3ccc(C)c(OC)c3)n2n1. The topological polar surface area (TPSA) is 39.4 Å². The first-order valence-corrected chi connectivity index (χ1v) is 6.76. The Labute approximate surface area is 123 Å².